The van der Waals surface area contributed by atoms with Crippen LogP contribution in [-0.2, 0) is 9.47 Å². The Morgan fingerprint density at radius 3 is 2.36 bits per heavy atom. The van der Waals surface area contributed by atoms with Crippen LogP contribution in [0.4, 0.5) is 0 Å². The van der Waals surface area contributed by atoms with E-state index in [1.54, 1.807) is 37.1 Å². The van der Waals surface area contributed by atoms with Crippen LogP contribution < -0.4 is 9.47 Å². The Hall–Kier alpha value is -1.83. The minimum atomic E-state index is -0.476. The van der Waals surface area contributed by atoms with Crippen LogP contribution in [0.1, 0.15) is 10.4 Å². The highest BCUT2D eigenvalue weighted by atomic mass is 32.2. The molecule has 7 heteroatoms. The van der Waals surface area contributed by atoms with Crippen molar-refractivity contribution in [3.05, 3.63) is 48.0 Å². The maximum absolute atomic E-state index is 11.9. The summed E-state index contributed by atoms with van der Waals surface area (Å²) in [5, 5.41) is 0. The second-order valence-electron chi connectivity index (χ2n) is 4.99. The van der Waals surface area contributed by atoms with Gasteiger partial charge in [0.1, 0.15) is 17.2 Å². The standard InChI is InChI=1S/C18H20O5S2/c1-20-11-17(24)23-15-9-12(18(19)21-2)8-14(10-15)22-13-4-6-16(25-3)7-5-13/h4-10,17,24H,11H2,1-3H3. The number of rotatable bonds is 8. The van der Waals surface area contributed by atoms with E-state index >= 15 is 0 Å². The second kappa shape index (κ2) is 9.60. The SMILES string of the molecule is COCC(S)Oc1cc(Oc2ccc(SC)cc2)cc(C(=O)OC)c1. The molecule has 0 aliphatic carbocycles. The summed E-state index contributed by atoms with van der Waals surface area (Å²) in [7, 11) is 2.88. The number of carbonyl (C=O) groups excluding carboxylic acids is 1. The predicted octanol–water partition coefficient (Wildman–Crippen LogP) is 4.27. The summed E-state index contributed by atoms with van der Waals surface area (Å²) in [6, 6.07) is 12.5. The van der Waals surface area contributed by atoms with Gasteiger partial charge in [0.2, 0.25) is 0 Å². The Morgan fingerprint density at radius 1 is 1.08 bits per heavy atom. The lowest BCUT2D eigenvalue weighted by molar-refractivity contribution is 0.0599. The fraction of sp³-hybridized carbons (Fsp3) is 0.278. The molecule has 0 amide bonds. The van der Waals surface area contributed by atoms with Gasteiger partial charge in [-0.2, -0.15) is 0 Å². The lowest BCUT2D eigenvalue weighted by atomic mass is 10.2. The van der Waals surface area contributed by atoms with Crippen LogP contribution >= 0.6 is 24.4 Å². The predicted molar refractivity (Wildman–Crippen MR) is 101 cm³/mol. The molecule has 0 aliphatic heterocycles. The van der Waals surface area contributed by atoms with Crippen molar-refractivity contribution in [2.45, 2.75) is 10.3 Å². The maximum Gasteiger partial charge on any atom is 0.338 e. The number of carbonyl (C=O) groups is 1. The molecular formula is C18H20O5S2. The van der Waals surface area contributed by atoms with Crippen LogP contribution in [0.15, 0.2) is 47.4 Å². The van der Waals surface area contributed by atoms with Gasteiger partial charge in [-0.05, 0) is 42.7 Å². The molecule has 0 aliphatic rings. The molecule has 25 heavy (non-hydrogen) atoms. The van der Waals surface area contributed by atoms with Gasteiger partial charge in [0, 0.05) is 18.1 Å². The van der Waals surface area contributed by atoms with Gasteiger partial charge >= 0.3 is 5.97 Å². The smallest absolute Gasteiger partial charge is 0.338 e. The number of hydrogen-bond donors (Lipinski definition) is 1. The van der Waals surface area contributed by atoms with Gasteiger partial charge in [-0.15, -0.1) is 24.4 Å². The van der Waals surface area contributed by atoms with Crippen molar-refractivity contribution in [3.63, 3.8) is 0 Å². The van der Waals surface area contributed by atoms with Crippen LogP contribution in [0, 0.1) is 0 Å². The van der Waals surface area contributed by atoms with Crippen molar-refractivity contribution in [1.29, 1.82) is 0 Å². The van der Waals surface area contributed by atoms with E-state index in [9.17, 15) is 4.79 Å². The van der Waals surface area contributed by atoms with E-state index in [0.29, 0.717) is 29.4 Å². The third-order valence-corrected chi connectivity index (χ3v) is 4.18. The van der Waals surface area contributed by atoms with E-state index in [2.05, 4.69) is 12.6 Å². The lowest BCUT2D eigenvalue weighted by Gasteiger charge is -2.15. The van der Waals surface area contributed by atoms with Gasteiger partial charge < -0.3 is 18.9 Å². The first kappa shape index (κ1) is 19.5. The van der Waals surface area contributed by atoms with Crippen molar-refractivity contribution >= 4 is 30.4 Å². The molecule has 0 fully saturated rings. The molecule has 0 saturated carbocycles. The van der Waals surface area contributed by atoms with Gasteiger partial charge in [0.05, 0.1) is 19.3 Å². The number of thioether (sulfide) groups is 1. The minimum absolute atomic E-state index is 0.303. The molecule has 0 bridgehead atoms. The first-order valence-electron chi connectivity index (χ1n) is 7.44. The van der Waals surface area contributed by atoms with Crippen LogP contribution in [0.2, 0.25) is 0 Å². The zero-order valence-electron chi connectivity index (χ0n) is 14.2. The van der Waals surface area contributed by atoms with E-state index in [1.807, 2.05) is 30.5 Å². The van der Waals surface area contributed by atoms with Crippen LogP contribution in [0.5, 0.6) is 17.2 Å². The Morgan fingerprint density at radius 2 is 1.76 bits per heavy atom. The highest BCUT2D eigenvalue weighted by molar-refractivity contribution is 7.98. The van der Waals surface area contributed by atoms with Gasteiger partial charge in [-0.1, -0.05) is 0 Å². The number of benzene rings is 2. The first-order valence-corrected chi connectivity index (χ1v) is 9.18. The van der Waals surface area contributed by atoms with Crippen LogP contribution in [-0.4, -0.2) is 38.5 Å². The molecule has 0 heterocycles. The molecular weight excluding hydrogens is 360 g/mol. The van der Waals surface area contributed by atoms with E-state index in [0.717, 1.165) is 4.90 Å². The summed E-state index contributed by atoms with van der Waals surface area (Å²) < 4.78 is 21.3. The summed E-state index contributed by atoms with van der Waals surface area (Å²) >= 11 is 5.93. The fourth-order valence-corrected chi connectivity index (χ4v) is 2.73. The highest BCUT2D eigenvalue weighted by Crippen LogP contribution is 2.29. The monoisotopic (exact) mass is 380 g/mol. The number of hydrogen-bond acceptors (Lipinski definition) is 7. The van der Waals surface area contributed by atoms with Crippen LogP contribution in [0.25, 0.3) is 0 Å². The lowest BCUT2D eigenvalue weighted by Crippen LogP contribution is -2.15. The molecule has 1 atom stereocenters. The Kier molecular flexibility index (Phi) is 7.49. The molecule has 1 unspecified atom stereocenters. The second-order valence-corrected chi connectivity index (χ2v) is 6.45. The summed E-state index contributed by atoms with van der Waals surface area (Å²) in [6.07, 6.45) is 2.01. The number of thiol groups is 1. The normalized spacial score (nSPS) is 11.7. The van der Waals surface area contributed by atoms with E-state index < -0.39 is 11.4 Å². The average molecular weight is 380 g/mol. The van der Waals surface area contributed by atoms with E-state index in [-0.39, 0.29) is 0 Å². The quantitative estimate of drug-likeness (QED) is 0.319. The van der Waals surface area contributed by atoms with Crippen molar-refractivity contribution in [2.75, 3.05) is 27.1 Å². The number of esters is 1. The molecule has 2 rings (SSSR count). The first-order chi connectivity index (χ1) is 12.0. The summed E-state index contributed by atoms with van der Waals surface area (Å²) in [5.41, 5.74) is -0.139. The largest absolute Gasteiger partial charge is 0.477 e. The fourth-order valence-electron chi connectivity index (χ4n) is 2.05. The zero-order chi connectivity index (χ0) is 18.2. The molecule has 2 aromatic rings. The molecule has 2 aromatic carbocycles. The zero-order valence-corrected chi connectivity index (χ0v) is 15.9. The third kappa shape index (κ3) is 5.88. The number of ether oxygens (including phenoxy) is 4. The van der Waals surface area contributed by atoms with Crippen molar-refractivity contribution in [1.82, 2.24) is 0 Å². The van der Waals surface area contributed by atoms with Crippen molar-refractivity contribution < 1.29 is 23.7 Å². The minimum Gasteiger partial charge on any atom is -0.477 e. The maximum atomic E-state index is 11.9. The Labute approximate surface area is 157 Å². The summed E-state index contributed by atoms with van der Waals surface area (Å²) in [5.74, 6) is 1.09. The molecule has 134 valence electrons. The molecule has 0 spiro atoms. The molecule has 5 nitrogen and oxygen atoms in total. The van der Waals surface area contributed by atoms with E-state index in [4.69, 9.17) is 18.9 Å². The summed E-state index contributed by atoms with van der Waals surface area (Å²) in [6.45, 7) is 0.303. The van der Waals surface area contributed by atoms with Crippen molar-refractivity contribution in [3.8, 4) is 17.2 Å². The topological polar surface area (TPSA) is 54.0 Å². The Balaban J connectivity index is 2.26. The Bertz CT molecular complexity index is 703. The molecule has 0 aromatic heterocycles. The average Bonchev–Trinajstić information content (AvgIpc) is 2.61. The van der Waals surface area contributed by atoms with Gasteiger partial charge in [0.25, 0.3) is 0 Å². The van der Waals surface area contributed by atoms with Gasteiger partial charge in [-0.3, -0.25) is 0 Å². The third-order valence-electron chi connectivity index (χ3n) is 3.18. The number of methoxy groups -OCH3 is 2. The van der Waals surface area contributed by atoms with Crippen LogP contribution in [0.3, 0.4) is 0 Å². The van der Waals surface area contributed by atoms with Gasteiger partial charge in [-0.25, -0.2) is 4.79 Å². The van der Waals surface area contributed by atoms with Gasteiger partial charge in [0.15, 0.2) is 5.44 Å². The molecule has 0 saturated heterocycles. The van der Waals surface area contributed by atoms with E-state index in [1.165, 1.54) is 7.11 Å². The molecule has 0 N–H and O–H groups in total. The summed E-state index contributed by atoms with van der Waals surface area (Å²) in [4.78, 5) is 13.0. The van der Waals surface area contributed by atoms with Crippen molar-refractivity contribution in [2.24, 2.45) is 0 Å². The molecule has 0 radical (unpaired) electrons. The highest BCUT2D eigenvalue weighted by Gasteiger charge is 2.13.